The number of carbonyl (C=O) groups is 2. The predicted octanol–water partition coefficient (Wildman–Crippen LogP) is 3.06. The van der Waals surface area contributed by atoms with Gasteiger partial charge in [0.15, 0.2) is 6.79 Å². The minimum absolute atomic E-state index is 0.125. The molecule has 8 heteroatoms. The maximum Gasteiger partial charge on any atom is 0.227 e. The van der Waals surface area contributed by atoms with Crippen LogP contribution < -0.4 is 15.0 Å². The lowest BCUT2D eigenvalue weighted by atomic mass is 10.0. The number of rotatable bonds is 5. The molecule has 0 bridgehead atoms. The van der Waals surface area contributed by atoms with Crippen molar-refractivity contribution in [2.75, 3.05) is 24.8 Å². The van der Waals surface area contributed by atoms with E-state index in [-0.39, 0.29) is 37.4 Å². The SMILES string of the molecule is O=C(NCCc1cc(F)cc2c1OCOC2)C1CC(=O)N(c2ccccc2Cl)C1. The topological polar surface area (TPSA) is 67.9 Å². The summed E-state index contributed by atoms with van der Waals surface area (Å²) in [6, 6.07) is 9.87. The van der Waals surface area contributed by atoms with Gasteiger partial charge in [-0.15, -0.1) is 0 Å². The number of carbonyl (C=O) groups excluding carboxylic acids is 2. The molecule has 4 rings (SSSR count). The zero-order valence-corrected chi connectivity index (χ0v) is 16.4. The van der Waals surface area contributed by atoms with Gasteiger partial charge < -0.3 is 19.7 Å². The summed E-state index contributed by atoms with van der Waals surface area (Å²) in [5.41, 5.74) is 1.96. The Morgan fingerprint density at radius 1 is 1.31 bits per heavy atom. The third kappa shape index (κ3) is 4.21. The molecule has 2 heterocycles. The molecule has 2 aromatic rings. The van der Waals surface area contributed by atoms with Crippen LogP contribution in [0, 0.1) is 11.7 Å². The minimum Gasteiger partial charge on any atom is -0.467 e. The first-order valence-electron chi connectivity index (χ1n) is 9.37. The van der Waals surface area contributed by atoms with E-state index in [1.807, 2.05) is 0 Å². The van der Waals surface area contributed by atoms with E-state index >= 15 is 0 Å². The molecule has 2 amide bonds. The van der Waals surface area contributed by atoms with Crippen molar-refractivity contribution in [1.82, 2.24) is 5.32 Å². The third-order valence-electron chi connectivity index (χ3n) is 5.08. The van der Waals surface area contributed by atoms with E-state index in [0.29, 0.717) is 47.2 Å². The van der Waals surface area contributed by atoms with Crippen molar-refractivity contribution in [1.29, 1.82) is 0 Å². The van der Waals surface area contributed by atoms with Crippen molar-refractivity contribution >= 4 is 29.1 Å². The number of amides is 2. The highest BCUT2D eigenvalue weighted by Gasteiger charge is 2.35. The predicted molar refractivity (Wildman–Crippen MR) is 105 cm³/mol. The van der Waals surface area contributed by atoms with Crippen molar-refractivity contribution in [2.24, 2.45) is 5.92 Å². The van der Waals surface area contributed by atoms with Crippen LogP contribution in [0.2, 0.25) is 5.02 Å². The van der Waals surface area contributed by atoms with Crippen molar-refractivity contribution in [3.8, 4) is 5.75 Å². The lowest BCUT2D eigenvalue weighted by molar-refractivity contribution is -0.126. The van der Waals surface area contributed by atoms with Gasteiger partial charge in [0.05, 0.1) is 23.2 Å². The number of fused-ring (bicyclic) bond motifs is 1. The number of benzene rings is 2. The summed E-state index contributed by atoms with van der Waals surface area (Å²) in [6.45, 7) is 1.02. The molecule has 2 aromatic carbocycles. The van der Waals surface area contributed by atoms with Crippen LogP contribution >= 0.6 is 11.6 Å². The molecule has 1 N–H and O–H groups in total. The molecular formula is C21H20ClFN2O4. The highest BCUT2D eigenvalue weighted by molar-refractivity contribution is 6.33. The van der Waals surface area contributed by atoms with Gasteiger partial charge in [0, 0.05) is 25.1 Å². The molecule has 1 fully saturated rings. The highest BCUT2D eigenvalue weighted by atomic mass is 35.5. The van der Waals surface area contributed by atoms with Crippen molar-refractivity contribution in [2.45, 2.75) is 19.4 Å². The summed E-state index contributed by atoms with van der Waals surface area (Å²) in [7, 11) is 0. The van der Waals surface area contributed by atoms with E-state index in [1.165, 1.54) is 12.1 Å². The third-order valence-corrected chi connectivity index (χ3v) is 5.40. The molecule has 1 saturated heterocycles. The largest absolute Gasteiger partial charge is 0.467 e. The maximum atomic E-state index is 13.8. The molecule has 0 radical (unpaired) electrons. The Kier molecular flexibility index (Phi) is 5.69. The summed E-state index contributed by atoms with van der Waals surface area (Å²) in [6.07, 6.45) is 0.549. The van der Waals surface area contributed by atoms with E-state index in [4.69, 9.17) is 21.1 Å². The molecule has 0 spiro atoms. The first kappa shape index (κ1) is 19.7. The Hall–Kier alpha value is -2.64. The minimum atomic E-state index is -0.454. The molecule has 6 nitrogen and oxygen atoms in total. The molecule has 2 aliphatic rings. The maximum absolute atomic E-state index is 13.8. The summed E-state index contributed by atoms with van der Waals surface area (Å²) in [4.78, 5) is 26.4. The second-order valence-corrected chi connectivity index (χ2v) is 7.47. The first-order chi connectivity index (χ1) is 14.0. The summed E-state index contributed by atoms with van der Waals surface area (Å²) in [5.74, 6) is -0.540. The van der Waals surface area contributed by atoms with E-state index in [2.05, 4.69) is 5.32 Å². The quantitative estimate of drug-likeness (QED) is 0.810. The van der Waals surface area contributed by atoms with Crippen LogP contribution in [0.3, 0.4) is 0 Å². The number of hydrogen-bond acceptors (Lipinski definition) is 4. The van der Waals surface area contributed by atoms with E-state index in [1.54, 1.807) is 29.2 Å². The van der Waals surface area contributed by atoms with Gasteiger partial charge in [0.2, 0.25) is 11.8 Å². The zero-order valence-electron chi connectivity index (χ0n) is 15.6. The number of halogens is 2. The lowest BCUT2D eigenvalue weighted by Gasteiger charge is -2.21. The second-order valence-electron chi connectivity index (χ2n) is 7.06. The second kappa shape index (κ2) is 8.39. The number of ether oxygens (including phenoxy) is 2. The Morgan fingerprint density at radius 2 is 2.14 bits per heavy atom. The molecule has 0 aliphatic carbocycles. The Bertz CT molecular complexity index is 952. The first-order valence-corrected chi connectivity index (χ1v) is 9.75. The molecule has 29 heavy (non-hydrogen) atoms. The summed E-state index contributed by atoms with van der Waals surface area (Å²) >= 11 is 6.17. The summed E-state index contributed by atoms with van der Waals surface area (Å²) in [5, 5.41) is 3.32. The van der Waals surface area contributed by atoms with Crippen LogP contribution in [-0.2, 0) is 27.4 Å². The smallest absolute Gasteiger partial charge is 0.227 e. The van der Waals surface area contributed by atoms with Crippen molar-refractivity contribution in [3.05, 3.63) is 58.4 Å². The van der Waals surface area contributed by atoms with Gasteiger partial charge in [-0.05, 0) is 36.2 Å². The van der Waals surface area contributed by atoms with Gasteiger partial charge in [-0.1, -0.05) is 23.7 Å². The van der Waals surface area contributed by atoms with Gasteiger partial charge in [0.1, 0.15) is 11.6 Å². The van der Waals surface area contributed by atoms with Gasteiger partial charge in [-0.25, -0.2) is 4.39 Å². The monoisotopic (exact) mass is 418 g/mol. The normalized spacial score (nSPS) is 18.3. The van der Waals surface area contributed by atoms with Gasteiger partial charge in [-0.3, -0.25) is 9.59 Å². The zero-order chi connectivity index (χ0) is 20.4. The fraction of sp³-hybridized carbons (Fsp3) is 0.333. The van der Waals surface area contributed by atoms with Crippen molar-refractivity contribution in [3.63, 3.8) is 0 Å². The summed E-state index contributed by atoms with van der Waals surface area (Å²) < 4.78 is 24.5. The van der Waals surface area contributed by atoms with Crippen molar-refractivity contribution < 1.29 is 23.5 Å². The average Bonchev–Trinajstić information content (AvgIpc) is 3.09. The van der Waals surface area contributed by atoms with E-state index in [0.717, 1.165) is 0 Å². The fourth-order valence-corrected chi connectivity index (χ4v) is 3.93. The molecule has 2 aliphatic heterocycles. The number of anilines is 1. The van der Waals surface area contributed by atoms with Crippen LogP contribution in [0.15, 0.2) is 36.4 Å². The molecule has 0 aromatic heterocycles. The number of hydrogen-bond donors (Lipinski definition) is 1. The number of nitrogens with one attached hydrogen (secondary N) is 1. The highest BCUT2D eigenvalue weighted by Crippen LogP contribution is 2.31. The molecule has 1 unspecified atom stereocenters. The van der Waals surface area contributed by atoms with Crippen LogP contribution in [-0.4, -0.2) is 31.7 Å². The standard InChI is InChI=1S/C21H20ClFN2O4/c22-17-3-1-2-4-18(17)25-10-14(9-19(25)26)21(27)24-6-5-13-7-16(23)8-15-11-28-12-29-20(13)15/h1-4,7-8,14H,5-6,9-12H2,(H,24,27). The van der Waals surface area contributed by atoms with Crippen LogP contribution in [0.1, 0.15) is 17.5 Å². The average molecular weight is 419 g/mol. The lowest BCUT2D eigenvalue weighted by Crippen LogP contribution is -2.34. The fourth-order valence-electron chi connectivity index (χ4n) is 3.69. The van der Waals surface area contributed by atoms with Gasteiger partial charge in [-0.2, -0.15) is 0 Å². The van der Waals surface area contributed by atoms with Crippen LogP contribution in [0.25, 0.3) is 0 Å². The van der Waals surface area contributed by atoms with Crippen LogP contribution in [0.4, 0.5) is 10.1 Å². The Morgan fingerprint density at radius 3 is 2.97 bits per heavy atom. The molecule has 152 valence electrons. The number of para-hydroxylation sites is 1. The molecular weight excluding hydrogens is 399 g/mol. The van der Waals surface area contributed by atoms with E-state index < -0.39 is 5.92 Å². The Labute approximate surface area is 172 Å². The number of nitrogens with zero attached hydrogens (tertiary/aromatic N) is 1. The van der Waals surface area contributed by atoms with Gasteiger partial charge in [0.25, 0.3) is 0 Å². The van der Waals surface area contributed by atoms with Gasteiger partial charge >= 0.3 is 0 Å². The van der Waals surface area contributed by atoms with E-state index in [9.17, 15) is 14.0 Å². The molecule has 0 saturated carbocycles. The molecule has 1 atom stereocenters. The Balaban J connectivity index is 1.36. The van der Waals surface area contributed by atoms with Crippen LogP contribution in [0.5, 0.6) is 5.75 Å².